The zero-order chi connectivity index (χ0) is 5.11. The molecule has 0 aliphatic carbocycles. The summed E-state index contributed by atoms with van der Waals surface area (Å²) in [5.74, 6) is 0. The lowest BCUT2D eigenvalue weighted by Crippen LogP contribution is -2.11. The Balaban J connectivity index is 2.28. The van der Waals surface area contributed by atoms with Gasteiger partial charge in [-0.15, -0.1) is 0 Å². The fourth-order valence-electron chi connectivity index (χ4n) is 0.638. The van der Waals surface area contributed by atoms with E-state index in [2.05, 4.69) is 0 Å². The summed E-state index contributed by atoms with van der Waals surface area (Å²) in [5, 5.41) is 0. The monoisotopic (exact) mass is 101 g/mol. The van der Waals surface area contributed by atoms with Crippen LogP contribution in [0, 0.1) is 0 Å². The molecule has 1 aliphatic heterocycles. The van der Waals surface area contributed by atoms with Crippen LogP contribution in [0.15, 0.2) is 12.3 Å². The minimum Gasteiger partial charge on any atom is -0.351 e. The second-order valence-electron chi connectivity index (χ2n) is 1.61. The first-order valence-electron chi connectivity index (χ1n) is 2.40. The van der Waals surface area contributed by atoms with E-state index in [-0.39, 0.29) is 6.80 Å². The molecule has 1 aliphatic rings. The van der Waals surface area contributed by atoms with Crippen LogP contribution in [0.5, 0.6) is 0 Å². The van der Waals surface area contributed by atoms with Crippen molar-refractivity contribution in [2.45, 2.75) is 6.42 Å². The molecule has 1 heterocycles. The van der Waals surface area contributed by atoms with Gasteiger partial charge in [-0.3, -0.25) is 0 Å². The molecule has 2 heteroatoms. The van der Waals surface area contributed by atoms with Crippen molar-refractivity contribution in [3.05, 3.63) is 12.3 Å². The van der Waals surface area contributed by atoms with E-state index in [1.54, 1.807) is 11.1 Å². The normalized spacial score (nSPS) is 18.7. The number of halogens is 1. The minimum absolute atomic E-state index is 0.337. The third kappa shape index (κ3) is 0.918. The highest BCUT2D eigenvalue weighted by Crippen LogP contribution is 2.01. The molecule has 0 saturated heterocycles. The molecule has 0 aromatic carbocycles. The van der Waals surface area contributed by atoms with Crippen molar-refractivity contribution in [1.29, 1.82) is 0 Å². The number of nitrogens with zero attached hydrogens (tertiary/aromatic N) is 1. The van der Waals surface area contributed by atoms with Gasteiger partial charge in [0.2, 0.25) is 0 Å². The van der Waals surface area contributed by atoms with Crippen LogP contribution in [0.2, 0.25) is 0 Å². The molecular formula is C5H8FN. The van der Waals surface area contributed by atoms with Crippen LogP contribution >= 0.6 is 0 Å². The van der Waals surface area contributed by atoms with E-state index in [0.29, 0.717) is 0 Å². The Hall–Kier alpha value is -0.530. The summed E-state index contributed by atoms with van der Waals surface area (Å²) >= 11 is 0. The first kappa shape index (κ1) is 4.62. The molecule has 0 spiro atoms. The summed E-state index contributed by atoms with van der Waals surface area (Å²) in [6.45, 7) is 0.521. The first-order chi connectivity index (χ1) is 3.43. The van der Waals surface area contributed by atoms with Crippen molar-refractivity contribution < 1.29 is 4.39 Å². The zero-order valence-corrected chi connectivity index (χ0v) is 4.10. The van der Waals surface area contributed by atoms with E-state index in [4.69, 9.17) is 0 Å². The molecule has 0 atom stereocenters. The predicted molar refractivity (Wildman–Crippen MR) is 26.4 cm³/mol. The standard InChI is InChI=1S/C5H8FN/c6-5-7-3-1-2-4-7/h1,3H,2,4-5H2. The summed E-state index contributed by atoms with van der Waals surface area (Å²) in [7, 11) is 0. The Labute approximate surface area is 42.4 Å². The molecule has 0 fully saturated rings. The van der Waals surface area contributed by atoms with Crippen molar-refractivity contribution in [1.82, 2.24) is 4.90 Å². The van der Waals surface area contributed by atoms with Crippen LogP contribution in [0.1, 0.15) is 6.42 Å². The van der Waals surface area contributed by atoms with Gasteiger partial charge in [0.1, 0.15) is 0 Å². The van der Waals surface area contributed by atoms with E-state index < -0.39 is 0 Å². The summed E-state index contributed by atoms with van der Waals surface area (Å²) < 4.78 is 11.6. The lowest BCUT2D eigenvalue weighted by molar-refractivity contribution is 0.269. The highest BCUT2D eigenvalue weighted by molar-refractivity contribution is 4.89. The van der Waals surface area contributed by atoms with Crippen molar-refractivity contribution in [2.75, 3.05) is 13.3 Å². The molecule has 7 heavy (non-hydrogen) atoms. The maximum atomic E-state index is 11.6. The number of alkyl halides is 1. The maximum absolute atomic E-state index is 11.6. The van der Waals surface area contributed by atoms with Crippen molar-refractivity contribution in [2.24, 2.45) is 0 Å². The van der Waals surface area contributed by atoms with Gasteiger partial charge < -0.3 is 4.90 Å². The molecule has 0 bridgehead atoms. The summed E-state index contributed by atoms with van der Waals surface area (Å²) in [6.07, 6.45) is 4.77. The average Bonchev–Trinajstić information content (AvgIpc) is 2.14. The van der Waals surface area contributed by atoms with Gasteiger partial charge in [0.25, 0.3) is 0 Å². The molecule has 1 nitrogen and oxygen atoms in total. The fraction of sp³-hybridized carbons (Fsp3) is 0.600. The van der Waals surface area contributed by atoms with Gasteiger partial charge in [-0.25, -0.2) is 4.39 Å². The van der Waals surface area contributed by atoms with Crippen LogP contribution in [-0.4, -0.2) is 18.2 Å². The molecule has 1 rings (SSSR count). The molecule has 0 saturated carbocycles. The van der Waals surface area contributed by atoms with Gasteiger partial charge in [-0.2, -0.15) is 0 Å². The lowest BCUT2D eigenvalue weighted by Gasteiger charge is -2.06. The fourth-order valence-corrected chi connectivity index (χ4v) is 0.638. The Morgan fingerprint density at radius 1 is 1.71 bits per heavy atom. The second-order valence-corrected chi connectivity index (χ2v) is 1.61. The molecule has 0 radical (unpaired) electrons. The largest absolute Gasteiger partial charge is 0.351 e. The van der Waals surface area contributed by atoms with Gasteiger partial charge >= 0.3 is 0 Å². The van der Waals surface area contributed by atoms with Crippen LogP contribution in [0.25, 0.3) is 0 Å². The maximum Gasteiger partial charge on any atom is 0.161 e. The third-order valence-electron chi connectivity index (χ3n) is 1.05. The van der Waals surface area contributed by atoms with Crippen LogP contribution in [0.3, 0.4) is 0 Å². The quantitative estimate of drug-likeness (QED) is 0.447. The van der Waals surface area contributed by atoms with Gasteiger partial charge in [0.15, 0.2) is 6.80 Å². The second kappa shape index (κ2) is 1.96. The topological polar surface area (TPSA) is 3.24 Å². The molecular weight excluding hydrogens is 93.1 g/mol. The molecule has 0 unspecified atom stereocenters. The number of rotatable bonds is 1. The van der Waals surface area contributed by atoms with E-state index in [9.17, 15) is 4.39 Å². The molecule has 0 N–H and O–H groups in total. The Morgan fingerprint density at radius 2 is 2.57 bits per heavy atom. The van der Waals surface area contributed by atoms with Gasteiger partial charge in [0, 0.05) is 6.54 Å². The van der Waals surface area contributed by atoms with E-state index in [0.717, 1.165) is 13.0 Å². The first-order valence-corrected chi connectivity index (χ1v) is 2.40. The Morgan fingerprint density at radius 3 is 2.86 bits per heavy atom. The Bertz CT molecular complexity index is 80.1. The van der Waals surface area contributed by atoms with Crippen molar-refractivity contribution in [3.63, 3.8) is 0 Å². The summed E-state index contributed by atoms with van der Waals surface area (Å²) in [4.78, 5) is 1.64. The zero-order valence-electron chi connectivity index (χ0n) is 4.10. The lowest BCUT2D eigenvalue weighted by atomic mass is 10.5. The van der Waals surface area contributed by atoms with Gasteiger partial charge in [0.05, 0.1) is 0 Å². The Kier molecular flexibility index (Phi) is 1.29. The average molecular weight is 101 g/mol. The molecule has 0 aromatic rings. The van der Waals surface area contributed by atoms with Crippen LogP contribution in [0.4, 0.5) is 4.39 Å². The van der Waals surface area contributed by atoms with Crippen molar-refractivity contribution in [3.8, 4) is 0 Å². The highest BCUT2D eigenvalue weighted by Gasteiger charge is 1.99. The predicted octanol–water partition coefficient (Wildman–Crippen LogP) is 1.13. The van der Waals surface area contributed by atoms with Gasteiger partial charge in [-0.1, -0.05) is 6.08 Å². The number of hydrogen-bond acceptors (Lipinski definition) is 1. The minimum atomic E-state index is -0.337. The molecule has 0 aromatic heterocycles. The van der Waals surface area contributed by atoms with Gasteiger partial charge in [-0.05, 0) is 12.6 Å². The smallest absolute Gasteiger partial charge is 0.161 e. The summed E-state index contributed by atoms with van der Waals surface area (Å²) in [5.41, 5.74) is 0. The van der Waals surface area contributed by atoms with E-state index >= 15 is 0 Å². The van der Waals surface area contributed by atoms with Crippen LogP contribution in [-0.2, 0) is 0 Å². The third-order valence-corrected chi connectivity index (χ3v) is 1.05. The molecule has 0 amide bonds. The highest BCUT2D eigenvalue weighted by atomic mass is 19.1. The number of hydrogen-bond donors (Lipinski definition) is 0. The van der Waals surface area contributed by atoms with E-state index in [1.165, 1.54) is 0 Å². The van der Waals surface area contributed by atoms with Crippen LogP contribution < -0.4 is 0 Å². The summed E-state index contributed by atoms with van der Waals surface area (Å²) in [6, 6.07) is 0. The van der Waals surface area contributed by atoms with Crippen molar-refractivity contribution >= 4 is 0 Å². The molecule has 40 valence electrons. The van der Waals surface area contributed by atoms with E-state index in [1.807, 2.05) is 6.08 Å². The SMILES string of the molecule is FCN1C=CCC1.